The summed E-state index contributed by atoms with van der Waals surface area (Å²) in [7, 11) is -3.67. The van der Waals surface area contributed by atoms with Gasteiger partial charge >= 0.3 is 0 Å². The molecule has 1 aromatic heterocycles. The van der Waals surface area contributed by atoms with Crippen LogP contribution in [0.25, 0.3) is 10.9 Å². The van der Waals surface area contributed by atoms with Crippen LogP contribution in [0.15, 0.2) is 36.5 Å². The van der Waals surface area contributed by atoms with Gasteiger partial charge in [0, 0.05) is 31.1 Å². The van der Waals surface area contributed by atoms with E-state index in [2.05, 4.69) is 4.98 Å². The molecular formula is C14H15N3O3S. The van der Waals surface area contributed by atoms with E-state index >= 15 is 0 Å². The molecule has 1 amide bonds. The molecule has 1 fully saturated rings. The number of nitrogens with zero attached hydrogens (tertiary/aromatic N) is 2. The average Bonchev–Trinajstić information content (AvgIpc) is 2.80. The van der Waals surface area contributed by atoms with E-state index in [0.29, 0.717) is 6.54 Å². The van der Waals surface area contributed by atoms with Gasteiger partial charge in [-0.15, -0.1) is 0 Å². The second-order valence-electron chi connectivity index (χ2n) is 5.23. The molecule has 21 heavy (non-hydrogen) atoms. The summed E-state index contributed by atoms with van der Waals surface area (Å²) in [6.07, 6.45) is 1.67. The van der Waals surface area contributed by atoms with Gasteiger partial charge in [-0.1, -0.05) is 18.2 Å². The number of benzene rings is 1. The number of rotatable bonds is 3. The zero-order valence-electron chi connectivity index (χ0n) is 11.3. The maximum atomic E-state index is 11.9. The fourth-order valence-electron chi connectivity index (χ4n) is 2.53. The summed E-state index contributed by atoms with van der Waals surface area (Å²) in [5.41, 5.74) is 1.76. The number of carbonyl (C=O) groups excluding carboxylic acids is 1. The molecule has 1 aromatic carbocycles. The van der Waals surface area contributed by atoms with Crippen molar-refractivity contribution in [1.82, 2.24) is 9.88 Å². The number of primary sulfonamides is 1. The van der Waals surface area contributed by atoms with Crippen LogP contribution in [0, 0.1) is 0 Å². The van der Waals surface area contributed by atoms with Crippen molar-refractivity contribution in [3.05, 3.63) is 42.1 Å². The van der Waals surface area contributed by atoms with Crippen LogP contribution in [0.3, 0.4) is 0 Å². The Balaban J connectivity index is 1.81. The Morgan fingerprint density at radius 3 is 2.81 bits per heavy atom. The largest absolute Gasteiger partial charge is 0.337 e. The lowest BCUT2D eigenvalue weighted by Crippen LogP contribution is -2.31. The van der Waals surface area contributed by atoms with Gasteiger partial charge in [-0.2, -0.15) is 0 Å². The smallest absolute Gasteiger partial charge is 0.224 e. The summed E-state index contributed by atoms with van der Waals surface area (Å²) in [5.74, 6) is -0.192. The number of hydrogen-bond acceptors (Lipinski definition) is 4. The molecule has 0 radical (unpaired) electrons. The molecule has 1 saturated heterocycles. The molecule has 6 nitrogen and oxygen atoms in total. The van der Waals surface area contributed by atoms with Crippen LogP contribution < -0.4 is 5.14 Å². The Hall–Kier alpha value is -1.99. The van der Waals surface area contributed by atoms with E-state index in [1.54, 1.807) is 6.20 Å². The van der Waals surface area contributed by atoms with Crippen molar-refractivity contribution in [3.63, 3.8) is 0 Å². The molecule has 1 aliphatic heterocycles. The van der Waals surface area contributed by atoms with Crippen molar-refractivity contribution >= 4 is 26.8 Å². The average molecular weight is 305 g/mol. The molecule has 2 heterocycles. The van der Waals surface area contributed by atoms with Crippen molar-refractivity contribution in [3.8, 4) is 0 Å². The topological polar surface area (TPSA) is 93.4 Å². The number of hydrogen-bond donors (Lipinski definition) is 1. The van der Waals surface area contributed by atoms with Crippen molar-refractivity contribution in [2.45, 2.75) is 18.2 Å². The second kappa shape index (κ2) is 5.09. The van der Waals surface area contributed by atoms with Crippen molar-refractivity contribution in [2.75, 3.05) is 6.54 Å². The van der Waals surface area contributed by atoms with Crippen LogP contribution in [0.1, 0.15) is 12.0 Å². The van der Waals surface area contributed by atoms with Gasteiger partial charge in [0.25, 0.3) is 0 Å². The third-order valence-electron chi connectivity index (χ3n) is 3.66. The number of sulfonamides is 1. The van der Waals surface area contributed by atoms with E-state index < -0.39 is 15.3 Å². The van der Waals surface area contributed by atoms with Gasteiger partial charge in [0.1, 0.15) is 5.25 Å². The summed E-state index contributed by atoms with van der Waals surface area (Å²) in [4.78, 5) is 17.7. The van der Waals surface area contributed by atoms with Gasteiger partial charge < -0.3 is 4.90 Å². The first-order chi connectivity index (χ1) is 9.93. The molecule has 0 spiro atoms. The van der Waals surface area contributed by atoms with E-state index in [0.717, 1.165) is 16.5 Å². The highest BCUT2D eigenvalue weighted by Gasteiger charge is 2.36. The molecule has 1 aliphatic rings. The molecule has 0 bridgehead atoms. The van der Waals surface area contributed by atoms with E-state index in [1.807, 2.05) is 30.3 Å². The number of pyridine rings is 1. The Kier molecular flexibility index (Phi) is 3.38. The summed E-state index contributed by atoms with van der Waals surface area (Å²) in [5, 5.41) is 5.30. The molecule has 2 N–H and O–H groups in total. The molecule has 2 aromatic rings. The Bertz CT molecular complexity index is 804. The van der Waals surface area contributed by atoms with Crippen molar-refractivity contribution in [2.24, 2.45) is 5.14 Å². The van der Waals surface area contributed by atoms with E-state index in [1.165, 1.54) is 4.90 Å². The molecule has 3 rings (SSSR count). The first-order valence-corrected chi connectivity index (χ1v) is 8.17. The van der Waals surface area contributed by atoms with Gasteiger partial charge in [0.2, 0.25) is 15.9 Å². The molecular weight excluding hydrogens is 290 g/mol. The monoisotopic (exact) mass is 305 g/mol. The van der Waals surface area contributed by atoms with Gasteiger partial charge in [-0.3, -0.25) is 9.78 Å². The van der Waals surface area contributed by atoms with Crippen molar-refractivity contribution in [1.29, 1.82) is 0 Å². The van der Waals surface area contributed by atoms with Crippen LogP contribution in [-0.4, -0.2) is 36.0 Å². The minimum atomic E-state index is -3.67. The summed E-state index contributed by atoms with van der Waals surface area (Å²) in [6.45, 7) is 0.493. The van der Waals surface area contributed by atoms with Crippen LogP contribution in [0.2, 0.25) is 0 Å². The first-order valence-electron chi connectivity index (χ1n) is 6.56. The highest BCUT2D eigenvalue weighted by atomic mass is 32.2. The summed E-state index contributed by atoms with van der Waals surface area (Å²) in [6, 6.07) is 9.66. The number of nitrogens with two attached hydrogens (primary N) is 1. The van der Waals surface area contributed by atoms with E-state index in [4.69, 9.17) is 5.14 Å². The first kappa shape index (κ1) is 14.0. The number of carbonyl (C=O) groups is 1. The lowest BCUT2D eigenvalue weighted by atomic mass is 10.1. The lowest BCUT2D eigenvalue weighted by Gasteiger charge is -2.16. The minimum absolute atomic E-state index is 0.0418. The normalized spacial score (nSPS) is 19.4. The van der Waals surface area contributed by atoms with Gasteiger partial charge in [0.05, 0.1) is 5.52 Å². The fourth-order valence-corrected chi connectivity index (χ4v) is 3.29. The predicted octanol–water partition coefficient (Wildman–Crippen LogP) is 0.624. The quantitative estimate of drug-likeness (QED) is 0.899. The van der Waals surface area contributed by atoms with Crippen LogP contribution in [0.4, 0.5) is 0 Å². The minimum Gasteiger partial charge on any atom is -0.337 e. The van der Waals surface area contributed by atoms with Crippen LogP contribution in [-0.2, 0) is 21.4 Å². The zero-order valence-corrected chi connectivity index (χ0v) is 12.1. The number of para-hydroxylation sites is 1. The second-order valence-corrected chi connectivity index (χ2v) is 7.07. The maximum absolute atomic E-state index is 11.9. The summed E-state index contributed by atoms with van der Waals surface area (Å²) >= 11 is 0. The number of aromatic nitrogens is 1. The fraction of sp³-hybridized carbons (Fsp3) is 0.286. The van der Waals surface area contributed by atoms with E-state index in [-0.39, 0.29) is 18.9 Å². The van der Waals surface area contributed by atoms with Gasteiger partial charge in [-0.25, -0.2) is 13.6 Å². The molecule has 0 saturated carbocycles. The standard InChI is InChI=1S/C14H15N3O3S/c15-21(19,20)12-6-14(18)17(9-12)8-10-5-11-3-1-2-4-13(11)16-7-10/h1-5,7,12H,6,8-9H2,(H2,15,19,20). The number of amides is 1. The summed E-state index contributed by atoms with van der Waals surface area (Å²) < 4.78 is 22.7. The van der Waals surface area contributed by atoms with Crippen molar-refractivity contribution < 1.29 is 13.2 Å². The number of likely N-dealkylation sites (tertiary alicyclic amines) is 1. The van der Waals surface area contributed by atoms with Gasteiger partial charge in [0.15, 0.2) is 0 Å². The third-order valence-corrected chi connectivity index (χ3v) is 4.91. The molecule has 0 aliphatic carbocycles. The Morgan fingerprint density at radius 1 is 1.33 bits per heavy atom. The molecule has 110 valence electrons. The molecule has 1 unspecified atom stereocenters. The maximum Gasteiger partial charge on any atom is 0.224 e. The zero-order chi connectivity index (χ0) is 15.0. The third kappa shape index (κ3) is 2.88. The highest BCUT2D eigenvalue weighted by molar-refractivity contribution is 7.89. The number of fused-ring (bicyclic) bond motifs is 1. The Labute approximate surface area is 122 Å². The SMILES string of the molecule is NS(=O)(=O)C1CC(=O)N(Cc2cnc3ccccc3c2)C1. The van der Waals surface area contributed by atoms with Gasteiger partial charge in [-0.05, 0) is 17.7 Å². The lowest BCUT2D eigenvalue weighted by molar-refractivity contribution is -0.128. The Morgan fingerprint density at radius 2 is 2.10 bits per heavy atom. The molecule has 1 atom stereocenters. The predicted molar refractivity (Wildman–Crippen MR) is 78.7 cm³/mol. The van der Waals surface area contributed by atoms with Crippen LogP contribution in [0.5, 0.6) is 0 Å². The highest BCUT2D eigenvalue weighted by Crippen LogP contribution is 2.20. The van der Waals surface area contributed by atoms with Crippen LogP contribution >= 0.6 is 0 Å². The van der Waals surface area contributed by atoms with E-state index in [9.17, 15) is 13.2 Å². The molecule has 7 heteroatoms.